The fraction of sp³-hybridized carbons (Fsp3) is 0.235. The predicted octanol–water partition coefficient (Wildman–Crippen LogP) is 3.00. The molecule has 0 aliphatic carbocycles. The Balaban J connectivity index is 1.84. The van der Waals surface area contributed by atoms with Gasteiger partial charge in [-0.25, -0.2) is 21.5 Å². The van der Waals surface area contributed by atoms with Gasteiger partial charge in [-0.2, -0.15) is 0 Å². The molecule has 5 nitrogen and oxygen atoms in total. The molecule has 1 N–H and O–H groups in total. The van der Waals surface area contributed by atoms with Crippen LogP contribution < -0.4 is 5.32 Å². The fourth-order valence-electron chi connectivity index (χ4n) is 2.13. The molecule has 134 valence electrons. The van der Waals surface area contributed by atoms with Crippen LogP contribution in [0.15, 0.2) is 53.4 Å². The highest BCUT2D eigenvalue weighted by molar-refractivity contribution is 7.89. The summed E-state index contributed by atoms with van der Waals surface area (Å²) in [5.41, 5.74) is 0.471. The minimum atomic E-state index is -3.72. The molecule has 0 radical (unpaired) electrons. The van der Waals surface area contributed by atoms with Crippen LogP contribution in [-0.2, 0) is 14.8 Å². The van der Waals surface area contributed by atoms with Gasteiger partial charge in [-0.15, -0.1) is 0 Å². The van der Waals surface area contributed by atoms with Crippen molar-refractivity contribution in [1.29, 1.82) is 0 Å². The molecular weight excluding hydrogens is 350 g/mol. The second-order valence-corrected chi connectivity index (χ2v) is 7.48. The third-order valence-corrected chi connectivity index (χ3v) is 5.40. The third-order valence-electron chi connectivity index (χ3n) is 3.53. The van der Waals surface area contributed by atoms with E-state index in [1.54, 1.807) is 0 Å². The van der Waals surface area contributed by atoms with Crippen molar-refractivity contribution >= 4 is 21.6 Å². The molecule has 0 saturated carbocycles. The van der Waals surface area contributed by atoms with E-state index in [1.165, 1.54) is 43.4 Å². The van der Waals surface area contributed by atoms with Crippen LogP contribution in [0, 0.1) is 11.6 Å². The maximum atomic E-state index is 12.9. The maximum absolute atomic E-state index is 12.9. The molecule has 2 aromatic rings. The molecule has 25 heavy (non-hydrogen) atoms. The first-order valence-electron chi connectivity index (χ1n) is 7.56. The van der Waals surface area contributed by atoms with Crippen LogP contribution in [0.5, 0.6) is 0 Å². The Bertz CT molecular complexity index is 822. The molecule has 0 atom stereocenters. The van der Waals surface area contributed by atoms with Gasteiger partial charge in [0.2, 0.25) is 15.9 Å². The molecule has 0 aliphatic rings. The summed E-state index contributed by atoms with van der Waals surface area (Å²) in [5.74, 6) is -1.20. The molecule has 0 saturated heterocycles. The van der Waals surface area contributed by atoms with E-state index in [4.69, 9.17) is 0 Å². The van der Waals surface area contributed by atoms with Crippen molar-refractivity contribution in [3.05, 3.63) is 60.2 Å². The minimum absolute atomic E-state index is 0.00726. The minimum Gasteiger partial charge on any atom is -0.326 e. The van der Waals surface area contributed by atoms with Crippen molar-refractivity contribution < 1.29 is 22.0 Å². The predicted molar refractivity (Wildman–Crippen MR) is 90.5 cm³/mol. The van der Waals surface area contributed by atoms with E-state index in [2.05, 4.69) is 5.32 Å². The summed E-state index contributed by atoms with van der Waals surface area (Å²) < 4.78 is 51.4. The Hall–Kier alpha value is -2.32. The van der Waals surface area contributed by atoms with Crippen LogP contribution in [0.1, 0.15) is 12.8 Å². The highest BCUT2D eigenvalue weighted by Crippen LogP contribution is 2.15. The van der Waals surface area contributed by atoms with Crippen molar-refractivity contribution in [3.8, 4) is 0 Å². The average Bonchev–Trinajstić information content (AvgIpc) is 2.57. The second-order valence-electron chi connectivity index (χ2n) is 5.44. The average molecular weight is 368 g/mol. The molecule has 2 rings (SSSR count). The number of rotatable bonds is 7. The molecule has 8 heteroatoms. The number of halogens is 2. The summed E-state index contributed by atoms with van der Waals surface area (Å²) in [6.07, 6.45) is 0.421. The first-order chi connectivity index (χ1) is 11.8. The molecular formula is C17H18F2N2O3S. The van der Waals surface area contributed by atoms with Gasteiger partial charge in [0.15, 0.2) is 0 Å². The van der Waals surface area contributed by atoms with Crippen LogP contribution in [0.2, 0.25) is 0 Å². The topological polar surface area (TPSA) is 66.5 Å². The van der Waals surface area contributed by atoms with Gasteiger partial charge in [-0.05, 0) is 55.0 Å². The molecule has 0 spiro atoms. The van der Waals surface area contributed by atoms with Gasteiger partial charge in [0.1, 0.15) is 11.6 Å². The number of benzene rings is 2. The number of sulfonamides is 1. The highest BCUT2D eigenvalue weighted by Gasteiger charge is 2.20. The molecule has 0 aliphatic heterocycles. The van der Waals surface area contributed by atoms with E-state index in [0.29, 0.717) is 12.1 Å². The van der Waals surface area contributed by atoms with E-state index in [-0.39, 0.29) is 23.8 Å². The zero-order valence-corrected chi connectivity index (χ0v) is 14.4. The summed E-state index contributed by atoms with van der Waals surface area (Å²) in [7, 11) is -2.32. The first kappa shape index (κ1) is 19.0. The van der Waals surface area contributed by atoms with Crippen LogP contribution in [-0.4, -0.2) is 32.2 Å². The Morgan fingerprint density at radius 1 is 1.00 bits per heavy atom. The van der Waals surface area contributed by atoms with E-state index >= 15 is 0 Å². The van der Waals surface area contributed by atoms with Crippen molar-refractivity contribution in [2.45, 2.75) is 17.7 Å². The van der Waals surface area contributed by atoms with E-state index in [9.17, 15) is 22.0 Å². The Kier molecular flexibility index (Phi) is 6.22. The lowest BCUT2D eigenvalue weighted by Crippen LogP contribution is -2.28. The Morgan fingerprint density at radius 2 is 1.52 bits per heavy atom. The maximum Gasteiger partial charge on any atom is 0.242 e. The third kappa shape index (κ3) is 5.33. The summed E-state index contributed by atoms with van der Waals surface area (Å²) in [5, 5.41) is 2.60. The standard InChI is InChI=1S/C17H18F2N2O3S/c1-21(25(23,24)16-10-6-14(19)7-11-16)12-2-3-17(22)20-15-8-4-13(18)5-9-15/h4-11H,2-3,12H2,1H3,(H,20,22). The van der Waals surface area contributed by atoms with Crippen LogP contribution in [0.25, 0.3) is 0 Å². The molecule has 0 bridgehead atoms. The lowest BCUT2D eigenvalue weighted by Gasteiger charge is -2.17. The lowest BCUT2D eigenvalue weighted by atomic mass is 10.2. The number of carbonyl (C=O) groups is 1. The molecule has 2 aromatic carbocycles. The summed E-state index contributed by atoms with van der Waals surface area (Å²) in [6, 6.07) is 9.91. The van der Waals surface area contributed by atoms with Gasteiger partial charge in [-0.3, -0.25) is 4.79 Å². The first-order valence-corrected chi connectivity index (χ1v) is 9.00. The number of nitrogens with zero attached hydrogens (tertiary/aromatic N) is 1. The molecule has 0 aromatic heterocycles. The molecule has 0 unspecified atom stereocenters. The van der Waals surface area contributed by atoms with E-state index in [1.807, 2.05) is 0 Å². The van der Waals surface area contributed by atoms with Crippen LogP contribution >= 0.6 is 0 Å². The summed E-state index contributed by atoms with van der Waals surface area (Å²) >= 11 is 0. The zero-order chi connectivity index (χ0) is 18.4. The number of carbonyl (C=O) groups excluding carboxylic acids is 1. The number of hydrogen-bond acceptors (Lipinski definition) is 3. The van der Waals surface area contributed by atoms with Gasteiger partial charge in [0.05, 0.1) is 4.90 Å². The SMILES string of the molecule is CN(CCCC(=O)Nc1ccc(F)cc1)S(=O)(=O)c1ccc(F)cc1. The summed E-state index contributed by atoms with van der Waals surface area (Å²) in [4.78, 5) is 11.8. The Morgan fingerprint density at radius 3 is 2.08 bits per heavy atom. The highest BCUT2D eigenvalue weighted by atomic mass is 32.2. The number of nitrogens with one attached hydrogen (secondary N) is 1. The van der Waals surface area contributed by atoms with Gasteiger partial charge in [0, 0.05) is 25.7 Å². The van der Waals surface area contributed by atoms with Crippen molar-refractivity contribution in [1.82, 2.24) is 4.31 Å². The van der Waals surface area contributed by atoms with E-state index in [0.717, 1.165) is 16.4 Å². The molecule has 0 heterocycles. The van der Waals surface area contributed by atoms with E-state index < -0.39 is 21.7 Å². The van der Waals surface area contributed by atoms with Crippen LogP contribution in [0.3, 0.4) is 0 Å². The van der Waals surface area contributed by atoms with Crippen molar-refractivity contribution in [3.63, 3.8) is 0 Å². The zero-order valence-electron chi connectivity index (χ0n) is 13.6. The van der Waals surface area contributed by atoms with Gasteiger partial charge >= 0.3 is 0 Å². The Labute approximate surface area is 145 Å². The van der Waals surface area contributed by atoms with Crippen LogP contribution in [0.4, 0.5) is 14.5 Å². The summed E-state index contributed by atoms with van der Waals surface area (Å²) in [6.45, 7) is 0.135. The second kappa shape index (κ2) is 8.17. The molecule has 1 amide bonds. The normalized spacial score (nSPS) is 11.5. The monoisotopic (exact) mass is 368 g/mol. The smallest absolute Gasteiger partial charge is 0.242 e. The molecule has 0 fully saturated rings. The number of hydrogen-bond donors (Lipinski definition) is 1. The number of amides is 1. The van der Waals surface area contributed by atoms with Crippen molar-refractivity contribution in [2.24, 2.45) is 0 Å². The fourth-order valence-corrected chi connectivity index (χ4v) is 3.34. The largest absolute Gasteiger partial charge is 0.326 e. The lowest BCUT2D eigenvalue weighted by molar-refractivity contribution is -0.116. The van der Waals surface area contributed by atoms with Gasteiger partial charge in [0.25, 0.3) is 0 Å². The quantitative estimate of drug-likeness (QED) is 0.817. The number of anilines is 1. The van der Waals surface area contributed by atoms with Gasteiger partial charge < -0.3 is 5.32 Å². The van der Waals surface area contributed by atoms with Gasteiger partial charge in [-0.1, -0.05) is 0 Å². The van der Waals surface area contributed by atoms with Crippen molar-refractivity contribution in [2.75, 3.05) is 18.9 Å².